The van der Waals surface area contributed by atoms with Gasteiger partial charge in [-0.1, -0.05) is 30.3 Å². The van der Waals surface area contributed by atoms with E-state index in [1.54, 1.807) is 18.2 Å². The van der Waals surface area contributed by atoms with Gasteiger partial charge in [-0.15, -0.1) is 0 Å². The summed E-state index contributed by atoms with van der Waals surface area (Å²) >= 11 is 6.16. The van der Waals surface area contributed by atoms with Crippen LogP contribution >= 0.6 is 11.6 Å². The number of halogens is 2. The van der Waals surface area contributed by atoms with Crippen LogP contribution in [0.5, 0.6) is 5.75 Å². The number of alkyl halides is 1. The van der Waals surface area contributed by atoms with Gasteiger partial charge in [-0.3, -0.25) is 10.1 Å². The minimum Gasteiger partial charge on any atom is -0.476 e. The van der Waals surface area contributed by atoms with Crippen molar-refractivity contribution in [3.63, 3.8) is 0 Å². The van der Waals surface area contributed by atoms with E-state index in [9.17, 15) is 19.6 Å². The number of hydrogen-bond donors (Lipinski definition) is 1. The summed E-state index contributed by atoms with van der Waals surface area (Å²) in [7, 11) is 0. The molecule has 0 aliphatic carbocycles. The number of para-hydroxylation sites is 1. The third-order valence-electron chi connectivity index (χ3n) is 3.66. The number of aliphatic hydroxyl groups is 1. The van der Waals surface area contributed by atoms with Gasteiger partial charge in [0.1, 0.15) is 11.6 Å². The maximum Gasteiger partial charge on any atom is 0.364 e. The third kappa shape index (κ3) is 2.12. The molecule has 0 saturated heterocycles. The highest BCUT2D eigenvalue weighted by Crippen LogP contribution is 2.51. The summed E-state index contributed by atoms with van der Waals surface area (Å²) in [6, 6.07) is 11.4. The molecular formula is C15H11ClFNO4. The van der Waals surface area contributed by atoms with Gasteiger partial charge in [-0.05, 0) is 29.8 Å². The number of nitro groups is 1. The Morgan fingerprint density at radius 1 is 1.23 bits per heavy atom. The Bertz CT molecular complexity index is 724. The number of rotatable bonds is 2. The first-order valence-corrected chi connectivity index (χ1v) is 6.85. The van der Waals surface area contributed by atoms with Crippen molar-refractivity contribution in [1.82, 2.24) is 0 Å². The lowest BCUT2D eigenvalue weighted by Crippen LogP contribution is -2.49. The molecule has 3 atom stereocenters. The minimum atomic E-state index is -2.30. The molecule has 1 aliphatic heterocycles. The van der Waals surface area contributed by atoms with Gasteiger partial charge in [0.25, 0.3) is 0 Å². The van der Waals surface area contributed by atoms with Crippen molar-refractivity contribution in [1.29, 1.82) is 0 Å². The van der Waals surface area contributed by atoms with Crippen molar-refractivity contribution >= 4 is 11.6 Å². The quantitative estimate of drug-likeness (QED) is 0.398. The molecule has 2 aromatic carbocycles. The molecule has 22 heavy (non-hydrogen) atoms. The zero-order chi connectivity index (χ0) is 15.9. The molecule has 7 heteroatoms. The SMILES string of the molecule is O=[N+]([O-])[C@]1(Cl)[C@@H](O)c2ccccc2O[C@H]1c1ccc(F)cc1. The predicted octanol–water partition coefficient (Wildman–Crippen LogP) is 3.20. The lowest BCUT2D eigenvalue weighted by atomic mass is 9.90. The summed E-state index contributed by atoms with van der Waals surface area (Å²) in [6.07, 6.45) is -2.82. The van der Waals surface area contributed by atoms with Crippen molar-refractivity contribution in [2.75, 3.05) is 0 Å². The zero-order valence-corrected chi connectivity index (χ0v) is 11.9. The van der Waals surface area contributed by atoms with E-state index in [1.165, 1.54) is 18.2 Å². The van der Waals surface area contributed by atoms with Gasteiger partial charge in [0, 0.05) is 11.1 Å². The van der Waals surface area contributed by atoms with Crippen molar-refractivity contribution in [3.8, 4) is 5.75 Å². The second-order valence-electron chi connectivity index (χ2n) is 4.97. The van der Waals surface area contributed by atoms with Gasteiger partial charge in [-0.2, -0.15) is 0 Å². The molecule has 1 heterocycles. The Kier molecular flexibility index (Phi) is 3.50. The van der Waals surface area contributed by atoms with Crippen LogP contribution in [0.15, 0.2) is 48.5 Å². The Morgan fingerprint density at radius 2 is 1.86 bits per heavy atom. The van der Waals surface area contributed by atoms with Crippen molar-refractivity contribution in [2.24, 2.45) is 0 Å². The van der Waals surface area contributed by atoms with E-state index < -0.39 is 27.9 Å². The Labute approximate surface area is 130 Å². The molecule has 0 saturated carbocycles. The first-order chi connectivity index (χ1) is 10.4. The Hall–Kier alpha value is -2.18. The highest BCUT2D eigenvalue weighted by Gasteiger charge is 2.61. The summed E-state index contributed by atoms with van der Waals surface area (Å²) in [6.45, 7) is 0. The van der Waals surface area contributed by atoms with Crippen LogP contribution in [0.1, 0.15) is 23.3 Å². The maximum atomic E-state index is 13.1. The molecule has 0 amide bonds. The van der Waals surface area contributed by atoms with Crippen molar-refractivity contribution in [3.05, 3.63) is 75.6 Å². The van der Waals surface area contributed by atoms with Crippen LogP contribution in [0.4, 0.5) is 4.39 Å². The van der Waals surface area contributed by atoms with E-state index in [-0.39, 0.29) is 5.56 Å². The highest BCUT2D eigenvalue weighted by molar-refractivity contribution is 6.23. The molecular weight excluding hydrogens is 313 g/mol. The van der Waals surface area contributed by atoms with Gasteiger partial charge in [-0.25, -0.2) is 4.39 Å². The van der Waals surface area contributed by atoms with Crippen LogP contribution in [-0.4, -0.2) is 15.0 Å². The average Bonchev–Trinajstić information content (AvgIpc) is 2.51. The van der Waals surface area contributed by atoms with Gasteiger partial charge in [0.2, 0.25) is 6.10 Å². The average molecular weight is 324 g/mol. The fourth-order valence-electron chi connectivity index (χ4n) is 2.52. The third-order valence-corrected chi connectivity index (χ3v) is 4.21. The van der Waals surface area contributed by atoms with E-state index in [0.29, 0.717) is 11.3 Å². The molecule has 0 radical (unpaired) electrons. The van der Waals surface area contributed by atoms with Crippen molar-refractivity contribution < 1.29 is 19.2 Å². The smallest absolute Gasteiger partial charge is 0.364 e. The Morgan fingerprint density at radius 3 is 2.50 bits per heavy atom. The van der Waals surface area contributed by atoms with E-state index in [0.717, 1.165) is 12.1 Å². The number of nitrogens with zero attached hydrogens (tertiary/aromatic N) is 1. The van der Waals surface area contributed by atoms with Gasteiger partial charge in [0.15, 0.2) is 6.10 Å². The van der Waals surface area contributed by atoms with Crippen LogP contribution in [0.25, 0.3) is 0 Å². The lowest BCUT2D eigenvalue weighted by Gasteiger charge is -2.37. The van der Waals surface area contributed by atoms with E-state index >= 15 is 0 Å². The van der Waals surface area contributed by atoms with Crippen LogP contribution in [0.3, 0.4) is 0 Å². The number of hydrogen-bond acceptors (Lipinski definition) is 4. The molecule has 114 valence electrons. The van der Waals surface area contributed by atoms with Crippen LogP contribution in [-0.2, 0) is 0 Å². The summed E-state index contributed by atoms with van der Waals surface area (Å²) in [5.74, 6) is -0.177. The molecule has 0 bridgehead atoms. The first-order valence-electron chi connectivity index (χ1n) is 6.47. The highest BCUT2D eigenvalue weighted by atomic mass is 35.5. The summed E-state index contributed by atoms with van der Waals surface area (Å²) in [4.78, 5) is 8.43. The molecule has 2 aromatic rings. The topological polar surface area (TPSA) is 72.6 Å². The minimum absolute atomic E-state index is 0.243. The molecule has 3 rings (SSSR count). The number of benzene rings is 2. The maximum absolute atomic E-state index is 13.1. The normalized spacial score (nSPS) is 26.9. The van der Waals surface area contributed by atoms with Gasteiger partial charge in [0.05, 0.1) is 4.92 Å². The fourth-order valence-corrected chi connectivity index (χ4v) is 2.81. The lowest BCUT2D eigenvalue weighted by molar-refractivity contribution is -0.570. The van der Waals surface area contributed by atoms with E-state index in [4.69, 9.17) is 16.3 Å². The monoisotopic (exact) mass is 323 g/mol. The number of ether oxygens (including phenoxy) is 1. The second-order valence-corrected chi connectivity index (χ2v) is 5.58. The van der Waals surface area contributed by atoms with Crippen LogP contribution < -0.4 is 4.74 Å². The molecule has 1 aliphatic rings. The van der Waals surface area contributed by atoms with Crippen molar-refractivity contribution in [2.45, 2.75) is 17.2 Å². The van der Waals surface area contributed by atoms with Crippen LogP contribution in [0, 0.1) is 15.9 Å². The largest absolute Gasteiger partial charge is 0.476 e. The summed E-state index contributed by atoms with van der Waals surface area (Å²) in [5, 5.41) is 21.9. The molecule has 1 N–H and O–H groups in total. The standard InChI is InChI=1S/C15H11ClFNO4/c16-15(18(20)21)13(19)11-3-1-2-4-12(11)22-14(15)9-5-7-10(17)8-6-9/h1-8,13-14,19H/t13-,14-,15+/m0/s1. The van der Waals surface area contributed by atoms with Crippen LogP contribution in [0.2, 0.25) is 0 Å². The predicted molar refractivity (Wildman–Crippen MR) is 76.7 cm³/mol. The zero-order valence-electron chi connectivity index (χ0n) is 11.1. The summed E-state index contributed by atoms with van der Waals surface area (Å²) in [5.41, 5.74) is 0.550. The van der Waals surface area contributed by atoms with Gasteiger partial charge >= 0.3 is 5.00 Å². The first kappa shape index (κ1) is 14.7. The molecule has 0 spiro atoms. The fraction of sp³-hybridized carbons (Fsp3) is 0.200. The second kappa shape index (κ2) is 5.23. The number of aliphatic hydroxyl groups excluding tert-OH is 1. The van der Waals surface area contributed by atoms with E-state index in [1.807, 2.05) is 0 Å². The molecule has 0 fully saturated rings. The number of fused-ring (bicyclic) bond motifs is 1. The molecule has 0 aromatic heterocycles. The van der Waals surface area contributed by atoms with Gasteiger partial charge < -0.3 is 9.84 Å². The van der Waals surface area contributed by atoms with E-state index in [2.05, 4.69) is 0 Å². The Balaban J connectivity index is 2.15. The summed E-state index contributed by atoms with van der Waals surface area (Å²) < 4.78 is 18.7. The molecule has 0 unspecified atom stereocenters. The molecule has 5 nitrogen and oxygen atoms in total.